The molecule has 1 aromatic carbocycles. The highest BCUT2D eigenvalue weighted by molar-refractivity contribution is 9.10. The second kappa shape index (κ2) is 4.26. The standard InChI is InChI=1S/C8H6BrClFN5/c9-6-4(10)1-3(2-5(6)11)13-8-14-7(12)15-16-8/h1-2H,(H4,12,13,14,15,16). The van der Waals surface area contributed by atoms with Gasteiger partial charge < -0.3 is 11.1 Å². The largest absolute Gasteiger partial charge is 0.368 e. The molecule has 0 unspecified atom stereocenters. The van der Waals surface area contributed by atoms with Crippen LogP contribution in [0.3, 0.4) is 0 Å². The Balaban J connectivity index is 2.28. The molecule has 0 spiro atoms. The molecule has 84 valence electrons. The zero-order valence-electron chi connectivity index (χ0n) is 7.76. The van der Waals surface area contributed by atoms with E-state index < -0.39 is 5.82 Å². The van der Waals surface area contributed by atoms with Crippen LogP contribution in [-0.4, -0.2) is 15.2 Å². The topological polar surface area (TPSA) is 79.6 Å². The van der Waals surface area contributed by atoms with Gasteiger partial charge in [-0.3, -0.25) is 0 Å². The maximum atomic E-state index is 13.3. The second-order valence-electron chi connectivity index (χ2n) is 2.92. The SMILES string of the molecule is Nc1nc(Nc2cc(F)c(Br)c(Cl)c2)n[nH]1. The van der Waals surface area contributed by atoms with Crippen LogP contribution in [0.5, 0.6) is 0 Å². The van der Waals surface area contributed by atoms with Gasteiger partial charge in [0.25, 0.3) is 0 Å². The van der Waals surface area contributed by atoms with Gasteiger partial charge in [-0.1, -0.05) is 11.6 Å². The molecule has 1 aromatic heterocycles. The zero-order valence-corrected chi connectivity index (χ0v) is 10.1. The minimum atomic E-state index is -0.474. The highest BCUT2D eigenvalue weighted by Crippen LogP contribution is 2.29. The van der Waals surface area contributed by atoms with Gasteiger partial charge >= 0.3 is 0 Å². The first kappa shape index (κ1) is 11.2. The Kier molecular flexibility index (Phi) is 2.97. The Morgan fingerprint density at radius 3 is 2.81 bits per heavy atom. The van der Waals surface area contributed by atoms with Crippen molar-refractivity contribution in [3.63, 3.8) is 0 Å². The number of benzene rings is 1. The van der Waals surface area contributed by atoms with Gasteiger partial charge in [-0.05, 0) is 28.1 Å². The third-order valence-electron chi connectivity index (χ3n) is 1.74. The summed E-state index contributed by atoms with van der Waals surface area (Å²) in [6, 6.07) is 2.81. The molecule has 0 radical (unpaired) electrons. The van der Waals surface area contributed by atoms with E-state index in [0.29, 0.717) is 5.69 Å². The smallest absolute Gasteiger partial charge is 0.248 e. The van der Waals surface area contributed by atoms with Crippen molar-refractivity contribution in [3.05, 3.63) is 27.4 Å². The van der Waals surface area contributed by atoms with Gasteiger partial charge in [-0.2, -0.15) is 4.98 Å². The monoisotopic (exact) mass is 305 g/mol. The van der Waals surface area contributed by atoms with Gasteiger partial charge in [0.15, 0.2) is 0 Å². The van der Waals surface area contributed by atoms with Crippen LogP contribution in [-0.2, 0) is 0 Å². The number of anilines is 3. The maximum Gasteiger partial charge on any atom is 0.248 e. The van der Waals surface area contributed by atoms with Crippen LogP contribution in [0.1, 0.15) is 0 Å². The van der Waals surface area contributed by atoms with Crippen molar-refractivity contribution in [2.24, 2.45) is 0 Å². The van der Waals surface area contributed by atoms with E-state index in [9.17, 15) is 4.39 Å². The summed E-state index contributed by atoms with van der Waals surface area (Å²) in [4.78, 5) is 3.81. The lowest BCUT2D eigenvalue weighted by molar-refractivity contribution is 0.622. The van der Waals surface area contributed by atoms with Crippen molar-refractivity contribution in [1.82, 2.24) is 15.2 Å². The van der Waals surface area contributed by atoms with Crippen molar-refractivity contribution in [1.29, 1.82) is 0 Å². The van der Waals surface area contributed by atoms with Crippen molar-refractivity contribution in [2.75, 3.05) is 11.1 Å². The summed E-state index contributed by atoms with van der Waals surface area (Å²) in [7, 11) is 0. The summed E-state index contributed by atoms with van der Waals surface area (Å²) in [6.45, 7) is 0. The molecule has 2 rings (SSSR count). The fraction of sp³-hybridized carbons (Fsp3) is 0. The molecule has 0 atom stereocenters. The second-order valence-corrected chi connectivity index (χ2v) is 4.12. The van der Waals surface area contributed by atoms with Gasteiger partial charge in [-0.15, -0.1) is 5.10 Å². The first-order valence-electron chi connectivity index (χ1n) is 4.15. The number of nitrogens with one attached hydrogen (secondary N) is 2. The third kappa shape index (κ3) is 2.25. The van der Waals surface area contributed by atoms with Crippen LogP contribution < -0.4 is 11.1 Å². The molecular weight excluding hydrogens is 300 g/mol. The molecule has 8 heteroatoms. The molecule has 5 nitrogen and oxygen atoms in total. The number of H-pyrrole nitrogens is 1. The van der Waals surface area contributed by atoms with E-state index in [1.165, 1.54) is 6.07 Å². The van der Waals surface area contributed by atoms with Crippen molar-refractivity contribution >= 4 is 45.1 Å². The van der Waals surface area contributed by atoms with Gasteiger partial charge in [0.05, 0.1) is 9.50 Å². The summed E-state index contributed by atoms with van der Waals surface area (Å²) in [5.41, 5.74) is 5.77. The molecule has 0 aliphatic carbocycles. The molecule has 0 bridgehead atoms. The summed E-state index contributed by atoms with van der Waals surface area (Å²) in [6.07, 6.45) is 0. The van der Waals surface area contributed by atoms with Gasteiger partial charge in [0.2, 0.25) is 11.9 Å². The Bertz CT molecular complexity index is 506. The predicted molar refractivity (Wildman–Crippen MR) is 63.2 cm³/mol. The molecule has 0 fully saturated rings. The molecule has 0 aliphatic rings. The fourth-order valence-corrected chi connectivity index (χ4v) is 1.52. The van der Waals surface area contributed by atoms with E-state index in [0.717, 1.165) is 0 Å². The van der Waals surface area contributed by atoms with Crippen LogP contribution in [0.25, 0.3) is 0 Å². The molecule has 0 saturated heterocycles. The third-order valence-corrected chi connectivity index (χ3v) is 3.07. The summed E-state index contributed by atoms with van der Waals surface area (Å²) in [5, 5.41) is 9.20. The van der Waals surface area contributed by atoms with Gasteiger partial charge in [0, 0.05) is 5.69 Å². The number of nitrogens with zero attached hydrogens (tertiary/aromatic N) is 2. The highest BCUT2D eigenvalue weighted by atomic mass is 79.9. The van der Waals surface area contributed by atoms with Crippen LogP contribution in [0.4, 0.5) is 22.0 Å². The molecule has 0 saturated carbocycles. The van der Waals surface area contributed by atoms with Gasteiger partial charge in [0.1, 0.15) is 5.82 Å². The highest BCUT2D eigenvalue weighted by Gasteiger charge is 2.08. The first-order chi connectivity index (χ1) is 7.56. The van der Waals surface area contributed by atoms with E-state index in [1.54, 1.807) is 6.07 Å². The Hall–Kier alpha value is -1.34. The van der Waals surface area contributed by atoms with E-state index in [4.69, 9.17) is 17.3 Å². The summed E-state index contributed by atoms with van der Waals surface area (Å²) < 4.78 is 13.5. The van der Waals surface area contributed by atoms with Crippen LogP contribution in [0, 0.1) is 5.82 Å². The number of nitrogens with two attached hydrogens (primary N) is 1. The number of rotatable bonds is 2. The lowest BCUT2D eigenvalue weighted by Crippen LogP contribution is -1.94. The number of aromatic amines is 1. The van der Waals surface area contributed by atoms with E-state index in [-0.39, 0.29) is 21.4 Å². The number of hydrogen-bond acceptors (Lipinski definition) is 4. The fourth-order valence-electron chi connectivity index (χ4n) is 1.09. The number of nitrogen functional groups attached to an aromatic ring is 1. The summed E-state index contributed by atoms with van der Waals surface area (Å²) >= 11 is 8.80. The molecular formula is C8H6BrClFN5. The van der Waals surface area contributed by atoms with Gasteiger partial charge in [-0.25, -0.2) is 9.49 Å². The Morgan fingerprint density at radius 2 is 2.25 bits per heavy atom. The average molecular weight is 307 g/mol. The quantitative estimate of drug-likeness (QED) is 0.745. The van der Waals surface area contributed by atoms with Crippen LogP contribution in [0.15, 0.2) is 16.6 Å². The number of halogens is 3. The first-order valence-corrected chi connectivity index (χ1v) is 5.33. The van der Waals surface area contributed by atoms with E-state index in [2.05, 4.69) is 36.4 Å². The lowest BCUT2D eigenvalue weighted by atomic mass is 10.3. The van der Waals surface area contributed by atoms with E-state index >= 15 is 0 Å². The minimum Gasteiger partial charge on any atom is -0.368 e. The molecule has 0 amide bonds. The number of hydrogen-bond donors (Lipinski definition) is 3. The number of aromatic nitrogens is 3. The summed E-state index contributed by atoms with van der Waals surface area (Å²) in [5.74, 6) is -0.0556. The maximum absolute atomic E-state index is 13.3. The van der Waals surface area contributed by atoms with Crippen molar-refractivity contribution < 1.29 is 4.39 Å². The van der Waals surface area contributed by atoms with Crippen molar-refractivity contribution in [2.45, 2.75) is 0 Å². The predicted octanol–water partition coefficient (Wildman–Crippen LogP) is 2.69. The molecule has 16 heavy (non-hydrogen) atoms. The lowest BCUT2D eigenvalue weighted by Gasteiger charge is -2.04. The van der Waals surface area contributed by atoms with Crippen molar-refractivity contribution in [3.8, 4) is 0 Å². The molecule has 2 aromatic rings. The zero-order chi connectivity index (χ0) is 11.7. The van der Waals surface area contributed by atoms with Crippen LogP contribution in [0.2, 0.25) is 5.02 Å². The molecule has 4 N–H and O–H groups in total. The normalized spacial score (nSPS) is 10.4. The Morgan fingerprint density at radius 1 is 1.50 bits per heavy atom. The minimum absolute atomic E-state index is 0.172. The Labute approximate surface area is 103 Å². The molecule has 1 heterocycles. The van der Waals surface area contributed by atoms with Crippen LogP contribution >= 0.6 is 27.5 Å². The average Bonchev–Trinajstić information content (AvgIpc) is 2.60. The molecule has 0 aliphatic heterocycles. The van der Waals surface area contributed by atoms with E-state index in [1.807, 2.05) is 0 Å².